The molecule has 0 bridgehead atoms. The Hall–Kier alpha value is 0. The Labute approximate surface area is 130 Å². The van der Waals surface area contributed by atoms with Crippen molar-refractivity contribution in [3.8, 4) is 0 Å². The van der Waals surface area contributed by atoms with Crippen LogP contribution in [-0.2, 0) is 0 Å². The molecular formula is C20H42. The van der Waals surface area contributed by atoms with E-state index in [1.165, 1.54) is 51.4 Å². The predicted octanol–water partition coefficient (Wildman–Crippen LogP) is 7.47. The lowest BCUT2D eigenvalue weighted by atomic mass is 9.68. The van der Waals surface area contributed by atoms with Gasteiger partial charge in [-0.15, -0.1) is 0 Å². The summed E-state index contributed by atoms with van der Waals surface area (Å²) in [6, 6.07) is 0. The molecule has 0 fully saturated rings. The quantitative estimate of drug-likeness (QED) is 0.364. The molecule has 0 spiro atoms. The largest absolute Gasteiger partial charge is 0.0654 e. The van der Waals surface area contributed by atoms with Crippen molar-refractivity contribution >= 4 is 0 Å². The minimum absolute atomic E-state index is 0.503. The molecule has 0 nitrogen and oxygen atoms in total. The van der Waals surface area contributed by atoms with Gasteiger partial charge in [-0.25, -0.2) is 0 Å². The van der Waals surface area contributed by atoms with Crippen molar-refractivity contribution in [2.24, 2.45) is 22.7 Å². The van der Waals surface area contributed by atoms with Crippen LogP contribution in [0.25, 0.3) is 0 Å². The minimum atomic E-state index is 0.503. The summed E-state index contributed by atoms with van der Waals surface area (Å²) < 4.78 is 0. The SMILES string of the molecule is CCCC(C)C(C)(CCCCC(C)(C)C)CCC(C)C. The monoisotopic (exact) mass is 282 g/mol. The lowest BCUT2D eigenvalue weighted by Crippen LogP contribution is -2.26. The summed E-state index contributed by atoms with van der Waals surface area (Å²) in [4.78, 5) is 0. The molecule has 0 aliphatic carbocycles. The highest BCUT2D eigenvalue weighted by Gasteiger charge is 2.30. The van der Waals surface area contributed by atoms with Crippen LogP contribution in [0.3, 0.4) is 0 Å². The van der Waals surface area contributed by atoms with Gasteiger partial charge in [0.1, 0.15) is 0 Å². The Morgan fingerprint density at radius 3 is 1.75 bits per heavy atom. The van der Waals surface area contributed by atoms with Crippen LogP contribution in [0.15, 0.2) is 0 Å². The lowest BCUT2D eigenvalue weighted by molar-refractivity contribution is 0.139. The minimum Gasteiger partial charge on any atom is -0.0654 e. The van der Waals surface area contributed by atoms with Crippen molar-refractivity contribution in [2.75, 3.05) is 0 Å². The third-order valence-corrected chi connectivity index (χ3v) is 5.13. The maximum atomic E-state index is 2.56. The van der Waals surface area contributed by atoms with Gasteiger partial charge in [-0.1, -0.05) is 87.5 Å². The smallest absolute Gasteiger partial charge is 0.0300 e. The Morgan fingerprint density at radius 1 is 0.750 bits per heavy atom. The van der Waals surface area contributed by atoms with E-state index in [9.17, 15) is 0 Å². The number of hydrogen-bond donors (Lipinski definition) is 0. The molecule has 122 valence electrons. The molecule has 0 amide bonds. The molecule has 20 heavy (non-hydrogen) atoms. The molecule has 0 aromatic carbocycles. The van der Waals surface area contributed by atoms with Gasteiger partial charge >= 0.3 is 0 Å². The van der Waals surface area contributed by atoms with E-state index in [1.54, 1.807) is 0 Å². The summed E-state index contributed by atoms with van der Waals surface area (Å²) in [5, 5.41) is 0. The molecule has 0 radical (unpaired) electrons. The van der Waals surface area contributed by atoms with Gasteiger partial charge in [-0.05, 0) is 41.9 Å². The summed E-state index contributed by atoms with van der Waals surface area (Å²) in [5.41, 5.74) is 1.07. The Bertz CT molecular complexity index is 233. The molecule has 2 atom stereocenters. The van der Waals surface area contributed by atoms with Gasteiger partial charge in [0.2, 0.25) is 0 Å². The molecule has 0 aromatic rings. The van der Waals surface area contributed by atoms with Crippen LogP contribution in [-0.4, -0.2) is 0 Å². The van der Waals surface area contributed by atoms with E-state index >= 15 is 0 Å². The molecule has 0 aliphatic rings. The number of unbranched alkanes of at least 4 members (excludes halogenated alkanes) is 1. The third kappa shape index (κ3) is 9.03. The molecule has 0 saturated carbocycles. The standard InChI is InChI=1S/C20H42/c1-9-12-18(4)20(8,16-13-17(2)3)15-11-10-14-19(5,6)7/h17-18H,9-16H2,1-8H3. The van der Waals surface area contributed by atoms with E-state index in [2.05, 4.69) is 55.4 Å². The Balaban J connectivity index is 4.37. The number of rotatable bonds is 10. The average Bonchev–Trinajstić information content (AvgIpc) is 2.31. The van der Waals surface area contributed by atoms with Crippen LogP contribution in [0.5, 0.6) is 0 Å². The fourth-order valence-electron chi connectivity index (χ4n) is 3.20. The molecule has 0 aromatic heterocycles. The van der Waals surface area contributed by atoms with Crippen LogP contribution >= 0.6 is 0 Å². The highest BCUT2D eigenvalue weighted by atomic mass is 14.3. The first-order chi connectivity index (χ1) is 9.10. The van der Waals surface area contributed by atoms with Gasteiger partial charge in [0.15, 0.2) is 0 Å². The predicted molar refractivity (Wildman–Crippen MR) is 94.2 cm³/mol. The normalized spacial score (nSPS) is 17.2. The van der Waals surface area contributed by atoms with E-state index in [1.807, 2.05) is 0 Å². The second-order valence-electron chi connectivity index (χ2n) is 9.04. The maximum absolute atomic E-state index is 2.56. The van der Waals surface area contributed by atoms with Crippen LogP contribution in [0.2, 0.25) is 0 Å². The Morgan fingerprint density at radius 2 is 1.30 bits per heavy atom. The first-order valence-corrected chi connectivity index (χ1v) is 9.10. The van der Waals surface area contributed by atoms with E-state index < -0.39 is 0 Å². The highest BCUT2D eigenvalue weighted by molar-refractivity contribution is 4.81. The first-order valence-electron chi connectivity index (χ1n) is 9.10. The van der Waals surface area contributed by atoms with Crippen molar-refractivity contribution in [3.63, 3.8) is 0 Å². The summed E-state index contributed by atoms with van der Waals surface area (Å²) in [6.07, 6.45) is 11.2. The van der Waals surface area contributed by atoms with Crippen molar-refractivity contribution in [1.29, 1.82) is 0 Å². The summed E-state index contributed by atoms with van der Waals surface area (Å²) in [5.74, 6) is 1.72. The zero-order valence-corrected chi connectivity index (χ0v) is 15.8. The fraction of sp³-hybridized carbons (Fsp3) is 1.00. The zero-order chi connectivity index (χ0) is 15.8. The summed E-state index contributed by atoms with van der Waals surface area (Å²) >= 11 is 0. The van der Waals surface area contributed by atoms with Gasteiger partial charge in [-0.3, -0.25) is 0 Å². The van der Waals surface area contributed by atoms with Gasteiger partial charge in [0.25, 0.3) is 0 Å². The highest BCUT2D eigenvalue weighted by Crippen LogP contribution is 2.41. The maximum Gasteiger partial charge on any atom is -0.0300 e. The van der Waals surface area contributed by atoms with Crippen LogP contribution in [0.4, 0.5) is 0 Å². The van der Waals surface area contributed by atoms with Gasteiger partial charge in [-0.2, -0.15) is 0 Å². The average molecular weight is 283 g/mol. The van der Waals surface area contributed by atoms with Crippen molar-refractivity contribution in [1.82, 2.24) is 0 Å². The molecular weight excluding hydrogens is 240 g/mol. The van der Waals surface area contributed by atoms with Gasteiger partial charge < -0.3 is 0 Å². The zero-order valence-electron chi connectivity index (χ0n) is 15.8. The first kappa shape index (κ1) is 20.0. The molecule has 0 aliphatic heterocycles. The molecule has 0 heteroatoms. The lowest BCUT2D eigenvalue weighted by Gasteiger charge is -2.37. The second kappa shape index (κ2) is 9.11. The fourth-order valence-corrected chi connectivity index (χ4v) is 3.20. The van der Waals surface area contributed by atoms with E-state index in [-0.39, 0.29) is 0 Å². The van der Waals surface area contributed by atoms with Crippen molar-refractivity contribution < 1.29 is 0 Å². The molecule has 0 heterocycles. The molecule has 0 rings (SSSR count). The van der Waals surface area contributed by atoms with E-state index in [0.29, 0.717) is 10.8 Å². The molecule has 0 saturated heterocycles. The van der Waals surface area contributed by atoms with Crippen LogP contribution < -0.4 is 0 Å². The Kier molecular flexibility index (Phi) is 9.11. The van der Waals surface area contributed by atoms with Crippen LogP contribution in [0.1, 0.15) is 107 Å². The van der Waals surface area contributed by atoms with Crippen molar-refractivity contribution in [2.45, 2.75) is 107 Å². The number of hydrogen-bond acceptors (Lipinski definition) is 0. The van der Waals surface area contributed by atoms with E-state index in [4.69, 9.17) is 0 Å². The molecule has 2 unspecified atom stereocenters. The van der Waals surface area contributed by atoms with Gasteiger partial charge in [0.05, 0.1) is 0 Å². The van der Waals surface area contributed by atoms with Gasteiger partial charge in [0, 0.05) is 0 Å². The third-order valence-electron chi connectivity index (χ3n) is 5.13. The second-order valence-corrected chi connectivity index (χ2v) is 9.04. The van der Waals surface area contributed by atoms with E-state index in [0.717, 1.165) is 11.8 Å². The summed E-state index contributed by atoms with van der Waals surface area (Å²) in [6.45, 7) is 19.2. The van der Waals surface area contributed by atoms with Crippen molar-refractivity contribution in [3.05, 3.63) is 0 Å². The van der Waals surface area contributed by atoms with Crippen LogP contribution in [0, 0.1) is 22.7 Å². The topological polar surface area (TPSA) is 0 Å². The summed E-state index contributed by atoms with van der Waals surface area (Å²) in [7, 11) is 0. The molecule has 0 N–H and O–H groups in total.